The fourth-order valence-corrected chi connectivity index (χ4v) is 3.48. The highest BCUT2D eigenvalue weighted by molar-refractivity contribution is 7.15. The lowest BCUT2D eigenvalue weighted by molar-refractivity contribution is -0.122. The van der Waals surface area contributed by atoms with Crippen LogP contribution >= 0.6 is 11.3 Å². The number of para-hydroxylation sites is 1. The zero-order chi connectivity index (χ0) is 16.6. The lowest BCUT2D eigenvalue weighted by Gasteiger charge is -2.21. The standard InChI is InChI=1S/C16H18N4O2S/c1-9-5-4-6-10(2)14(9)20-8-12(7-13(20)21)15(22)17-16-19-18-11(3)23-16/h4-6,12H,7-8H2,1-3H3,(H,17,19,22)/t12-/m1/s1. The van der Waals surface area contributed by atoms with Crippen LogP contribution in [0.25, 0.3) is 0 Å². The molecule has 0 spiro atoms. The van der Waals surface area contributed by atoms with Crippen LogP contribution in [0.4, 0.5) is 10.8 Å². The maximum Gasteiger partial charge on any atom is 0.231 e. The molecule has 1 saturated heterocycles. The Labute approximate surface area is 138 Å². The predicted molar refractivity (Wildman–Crippen MR) is 89.7 cm³/mol. The van der Waals surface area contributed by atoms with Crippen molar-refractivity contribution in [2.24, 2.45) is 5.92 Å². The second kappa shape index (κ2) is 6.08. The number of benzene rings is 1. The van der Waals surface area contributed by atoms with Crippen molar-refractivity contribution in [2.75, 3.05) is 16.8 Å². The number of anilines is 2. The van der Waals surface area contributed by atoms with Gasteiger partial charge in [0.2, 0.25) is 16.9 Å². The number of carbonyl (C=O) groups excluding carboxylic acids is 2. The maximum absolute atomic E-state index is 12.4. The Morgan fingerprint density at radius 3 is 2.57 bits per heavy atom. The highest BCUT2D eigenvalue weighted by Gasteiger charge is 2.36. The van der Waals surface area contributed by atoms with Gasteiger partial charge in [-0.05, 0) is 31.9 Å². The van der Waals surface area contributed by atoms with Gasteiger partial charge >= 0.3 is 0 Å². The van der Waals surface area contributed by atoms with E-state index < -0.39 is 0 Å². The van der Waals surface area contributed by atoms with Crippen molar-refractivity contribution in [3.63, 3.8) is 0 Å². The van der Waals surface area contributed by atoms with E-state index >= 15 is 0 Å². The number of amides is 2. The molecule has 1 N–H and O–H groups in total. The van der Waals surface area contributed by atoms with E-state index in [-0.39, 0.29) is 24.2 Å². The van der Waals surface area contributed by atoms with E-state index in [0.29, 0.717) is 11.7 Å². The molecule has 0 saturated carbocycles. The summed E-state index contributed by atoms with van der Waals surface area (Å²) in [6.45, 7) is 6.18. The maximum atomic E-state index is 12.4. The summed E-state index contributed by atoms with van der Waals surface area (Å²) in [5.74, 6) is -0.565. The molecule has 1 atom stereocenters. The summed E-state index contributed by atoms with van der Waals surface area (Å²) in [5.41, 5.74) is 3.00. The number of hydrogen-bond acceptors (Lipinski definition) is 5. The first-order valence-corrected chi connectivity index (χ1v) is 8.25. The van der Waals surface area contributed by atoms with Gasteiger partial charge in [-0.2, -0.15) is 0 Å². The molecule has 1 aromatic carbocycles. The molecule has 23 heavy (non-hydrogen) atoms. The van der Waals surface area contributed by atoms with Gasteiger partial charge in [0.1, 0.15) is 5.01 Å². The smallest absolute Gasteiger partial charge is 0.231 e. The van der Waals surface area contributed by atoms with E-state index in [4.69, 9.17) is 0 Å². The summed E-state index contributed by atoms with van der Waals surface area (Å²) in [5, 5.41) is 11.8. The summed E-state index contributed by atoms with van der Waals surface area (Å²) in [6.07, 6.45) is 0.220. The van der Waals surface area contributed by atoms with E-state index in [2.05, 4.69) is 15.5 Å². The minimum Gasteiger partial charge on any atom is -0.311 e. The molecule has 0 aliphatic carbocycles. The largest absolute Gasteiger partial charge is 0.311 e. The quantitative estimate of drug-likeness (QED) is 0.938. The van der Waals surface area contributed by atoms with Crippen LogP contribution in [-0.2, 0) is 9.59 Å². The highest BCUT2D eigenvalue weighted by Crippen LogP contribution is 2.31. The molecule has 2 aromatic rings. The van der Waals surface area contributed by atoms with Crippen molar-refractivity contribution in [3.8, 4) is 0 Å². The summed E-state index contributed by atoms with van der Waals surface area (Å²) < 4.78 is 0. The number of hydrogen-bond donors (Lipinski definition) is 1. The lowest BCUT2D eigenvalue weighted by atomic mass is 10.1. The van der Waals surface area contributed by atoms with Crippen molar-refractivity contribution in [1.29, 1.82) is 0 Å². The molecule has 0 radical (unpaired) electrons. The molecular formula is C16H18N4O2S. The van der Waals surface area contributed by atoms with E-state index in [1.54, 1.807) is 4.90 Å². The highest BCUT2D eigenvalue weighted by atomic mass is 32.1. The van der Waals surface area contributed by atoms with Gasteiger partial charge in [-0.15, -0.1) is 10.2 Å². The lowest BCUT2D eigenvalue weighted by Crippen LogP contribution is -2.29. The molecule has 0 bridgehead atoms. The number of rotatable bonds is 3. The Kier molecular flexibility index (Phi) is 4.12. The van der Waals surface area contributed by atoms with Crippen LogP contribution in [0.1, 0.15) is 22.6 Å². The van der Waals surface area contributed by atoms with Crippen LogP contribution < -0.4 is 10.2 Å². The Balaban J connectivity index is 1.76. The van der Waals surface area contributed by atoms with Gasteiger partial charge in [-0.1, -0.05) is 29.5 Å². The van der Waals surface area contributed by atoms with E-state index in [1.807, 2.05) is 39.0 Å². The average molecular weight is 330 g/mol. The van der Waals surface area contributed by atoms with Crippen molar-refractivity contribution < 1.29 is 9.59 Å². The number of carbonyl (C=O) groups is 2. The minimum absolute atomic E-state index is 0.0176. The normalized spacial score (nSPS) is 17.6. The van der Waals surface area contributed by atoms with Gasteiger partial charge in [-0.25, -0.2) is 0 Å². The van der Waals surface area contributed by atoms with Crippen molar-refractivity contribution in [3.05, 3.63) is 34.3 Å². The third-order valence-electron chi connectivity index (χ3n) is 3.96. The van der Waals surface area contributed by atoms with E-state index in [9.17, 15) is 9.59 Å². The molecule has 1 aromatic heterocycles. The molecule has 6 nitrogen and oxygen atoms in total. The fraction of sp³-hybridized carbons (Fsp3) is 0.375. The minimum atomic E-state index is -0.370. The monoisotopic (exact) mass is 330 g/mol. The number of nitrogens with one attached hydrogen (secondary N) is 1. The molecule has 1 aliphatic heterocycles. The predicted octanol–water partition coefficient (Wildman–Crippen LogP) is 2.45. The third-order valence-corrected chi connectivity index (χ3v) is 4.72. The topological polar surface area (TPSA) is 75.2 Å². The second-order valence-corrected chi connectivity index (χ2v) is 6.94. The summed E-state index contributed by atoms with van der Waals surface area (Å²) >= 11 is 1.33. The molecule has 1 fully saturated rings. The van der Waals surface area contributed by atoms with Crippen molar-refractivity contribution in [1.82, 2.24) is 10.2 Å². The van der Waals surface area contributed by atoms with Gasteiger partial charge in [-0.3, -0.25) is 9.59 Å². The van der Waals surface area contributed by atoms with Crippen LogP contribution in [0.3, 0.4) is 0 Å². The molecule has 0 unspecified atom stereocenters. The molecule has 120 valence electrons. The van der Waals surface area contributed by atoms with Gasteiger partial charge in [0.05, 0.1) is 5.92 Å². The van der Waals surface area contributed by atoms with Crippen molar-refractivity contribution in [2.45, 2.75) is 27.2 Å². The van der Waals surface area contributed by atoms with Gasteiger partial charge in [0.15, 0.2) is 0 Å². The van der Waals surface area contributed by atoms with Crippen LogP contribution in [-0.4, -0.2) is 28.6 Å². The second-order valence-electron chi connectivity index (χ2n) is 5.76. The zero-order valence-electron chi connectivity index (χ0n) is 13.3. The van der Waals surface area contributed by atoms with Crippen LogP contribution in [0.15, 0.2) is 18.2 Å². The zero-order valence-corrected chi connectivity index (χ0v) is 14.1. The Hall–Kier alpha value is -2.28. The number of aromatic nitrogens is 2. The van der Waals surface area contributed by atoms with Crippen molar-refractivity contribution >= 4 is 34.0 Å². The van der Waals surface area contributed by atoms with Gasteiger partial charge in [0, 0.05) is 18.7 Å². The Bertz CT molecular complexity index is 751. The first kappa shape index (κ1) is 15.6. The van der Waals surface area contributed by atoms with Crippen LogP contribution in [0, 0.1) is 26.7 Å². The third kappa shape index (κ3) is 3.10. The molecule has 2 heterocycles. The summed E-state index contributed by atoms with van der Waals surface area (Å²) in [6, 6.07) is 5.93. The van der Waals surface area contributed by atoms with E-state index in [1.165, 1.54) is 11.3 Å². The molecule has 1 aliphatic rings. The number of nitrogens with zero attached hydrogens (tertiary/aromatic N) is 3. The molecule has 3 rings (SSSR count). The molecule has 7 heteroatoms. The summed E-state index contributed by atoms with van der Waals surface area (Å²) in [4.78, 5) is 26.5. The fourth-order valence-electron chi connectivity index (χ4n) is 2.89. The molecule has 2 amide bonds. The first-order chi connectivity index (χ1) is 11.0. The number of aryl methyl sites for hydroxylation is 3. The van der Waals surface area contributed by atoms with Gasteiger partial charge in [0.25, 0.3) is 0 Å². The van der Waals surface area contributed by atoms with Crippen LogP contribution in [0.2, 0.25) is 0 Å². The van der Waals surface area contributed by atoms with E-state index in [0.717, 1.165) is 21.8 Å². The Morgan fingerprint density at radius 2 is 1.96 bits per heavy atom. The van der Waals surface area contributed by atoms with Gasteiger partial charge < -0.3 is 10.2 Å². The first-order valence-electron chi connectivity index (χ1n) is 7.43. The average Bonchev–Trinajstić information content (AvgIpc) is 3.06. The Morgan fingerprint density at radius 1 is 1.26 bits per heavy atom. The molecular weight excluding hydrogens is 312 g/mol. The van der Waals surface area contributed by atoms with Crippen LogP contribution in [0.5, 0.6) is 0 Å². The SMILES string of the molecule is Cc1nnc(NC(=O)[C@@H]2CC(=O)N(c3c(C)cccc3C)C2)s1. The summed E-state index contributed by atoms with van der Waals surface area (Å²) in [7, 11) is 0.